The van der Waals surface area contributed by atoms with Crippen LogP contribution in [0.5, 0.6) is 0 Å². The predicted octanol–water partition coefficient (Wildman–Crippen LogP) is 1.05. The van der Waals surface area contributed by atoms with Crippen molar-refractivity contribution in [3.63, 3.8) is 0 Å². The van der Waals surface area contributed by atoms with Crippen molar-refractivity contribution in [2.45, 2.75) is 6.10 Å². The van der Waals surface area contributed by atoms with Gasteiger partial charge in [0.25, 0.3) is 0 Å². The summed E-state index contributed by atoms with van der Waals surface area (Å²) in [6.45, 7) is 0. The SMILES string of the molecule is COC(=O)C(C(=O)OC)[C@@H]1OC(=N)c2ccccc21. The van der Waals surface area contributed by atoms with Crippen molar-refractivity contribution < 1.29 is 23.8 Å². The first-order valence-corrected chi connectivity index (χ1v) is 5.60. The molecule has 2 rings (SSSR count). The molecule has 6 nitrogen and oxygen atoms in total. The lowest BCUT2D eigenvalue weighted by molar-refractivity contribution is -0.163. The third-order valence-corrected chi connectivity index (χ3v) is 2.97. The molecule has 1 aliphatic rings. The summed E-state index contributed by atoms with van der Waals surface area (Å²) in [5.74, 6) is -2.81. The number of benzene rings is 1. The summed E-state index contributed by atoms with van der Waals surface area (Å²) in [6, 6.07) is 6.91. The highest BCUT2D eigenvalue weighted by molar-refractivity contribution is 6.00. The Balaban J connectivity index is 2.42. The third-order valence-electron chi connectivity index (χ3n) is 2.97. The van der Waals surface area contributed by atoms with E-state index in [2.05, 4.69) is 9.47 Å². The molecule has 1 heterocycles. The lowest BCUT2D eigenvalue weighted by Gasteiger charge is -2.19. The molecule has 0 unspecified atom stereocenters. The van der Waals surface area contributed by atoms with Crippen molar-refractivity contribution >= 4 is 17.8 Å². The first kappa shape index (κ1) is 13.1. The minimum absolute atomic E-state index is 0.0709. The van der Waals surface area contributed by atoms with Crippen LogP contribution in [0.1, 0.15) is 17.2 Å². The van der Waals surface area contributed by atoms with Gasteiger partial charge in [0, 0.05) is 11.1 Å². The van der Waals surface area contributed by atoms with E-state index in [0.717, 1.165) is 0 Å². The van der Waals surface area contributed by atoms with Gasteiger partial charge in [-0.25, -0.2) is 0 Å². The van der Waals surface area contributed by atoms with Crippen LogP contribution in [0.15, 0.2) is 24.3 Å². The van der Waals surface area contributed by atoms with Crippen molar-refractivity contribution in [3.05, 3.63) is 35.4 Å². The molecule has 1 aromatic carbocycles. The average molecular weight is 263 g/mol. The van der Waals surface area contributed by atoms with E-state index in [1.807, 2.05) is 0 Å². The highest BCUT2D eigenvalue weighted by Gasteiger charge is 2.44. The number of ether oxygens (including phenoxy) is 3. The topological polar surface area (TPSA) is 85.7 Å². The average Bonchev–Trinajstić information content (AvgIpc) is 2.76. The fraction of sp³-hybridized carbons (Fsp3) is 0.308. The molecule has 0 fully saturated rings. The van der Waals surface area contributed by atoms with E-state index in [9.17, 15) is 9.59 Å². The molecule has 1 atom stereocenters. The first-order valence-electron chi connectivity index (χ1n) is 5.60. The molecular weight excluding hydrogens is 250 g/mol. The summed E-state index contributed by atoms with van der Waals surface area (Å²) in [5.41, 5.74) is 1.17. The second kappa shape index (κ2) is 5.09. The number of nitrogens with one attached hydrogen (secondary N) is 1. The van der Waals surface area contributed by atoms with E-state index in [4.69, 9.17) is 10.1 Å². The Morgan fingerprint density at radius 2 is 1.79 bits per heavy atom. The number of carbonyl (C=O) groups excluding carboxylic acids is 2. The summed E-state index contributed by atoms with van der Waals surface area (Å²) in [7, 11) is 2.37. The van der Waals surface area contributed by atoms with Gasteiger partial charge in [-0.2, -0.15) is 0 Å². The second-order valence-corrected chi connectivity index (χ2v) is 3.98. The van der Waals surface area contributed by atoms with Crippen LogP contribution >= 0.6 is 0 Å². The number of carbonyl (C=O) groups is 2. The number of fused-ring (bicyclic) bond motifs is 1. The van der Waals surface area contributed by atoms with Gasteiger partial charge < -0.3 is 14.2 Å². The van der Waals surface area contributed by atoms with E-state index >= 15 is 0 Å². The molecule has 0 saturated heterocycles. The number of esters is 2. The van der Waals surface area contributed by atoms with Crippen LogP contribution in [-0.4, -0.2) is 32.1 Å². The minimum atomic E-state index is -1.24. The van der Waals surface area contributed by atoms with Gasteiger partial charge in [-0.15, -0.1) is 0 Å². The van der Waals surface area contributed by atoms with E-state index in [0.29, 0.717) is 11.1 Å². The van der Waals surface area contributed by atoms with E-state index in [1.165, 1.54) is 14.2 Å². The van der Waals surface area contributed by atoms with Gasteiger partial charge in [-0.3, -0.25) is 15.0 Å². The van der Waals surface area contributed by atoms with Crippen molar-refractivity contribution in [1.82, 2.24) is 0 Å². The van der Waals surface area contributed by atoms with Crippen LogP contribution in [0.25, 0.3) is 0 Å². The van der Waals surface area contributed by atoms with Crippen LogP contribution in [0.3, 0.4) is 0 Å². The fourth-order valence-corrected chi connectivity index (χ4v) is 2.05. The highest BCUT2D eigenvalue weighted by atomic mass is 16.6. The molecule has 19 heavy (non-hydrogen) atoms. The van der Waals surface area contributed by atoms with Gasteiger partial charge in [-0.05, 0) is 6.07 Å². The van der Waals surface area contributed by atoms with Crippen LogP contribution in [0.2, 0.25) is 0 Å². The molecule has 1 aromatic rings. The van der Waals surface area contributed by atoms with Gasteiger partial charge in [0.05, 0.1) is 14.2 Å². The van der Waals surface area contributed by atoms with Gasteiger partial charge in [-0.1, -0.05) is 18.2 Å². The fourth-order valence-electron chi connectivity index (χ4n) is 2.05. The number of hydrogen-bond acceptors (Lipinski definition) is 6. The third kappa shape index (κ3) is 2.16. The zero-order valence-electron chi connectivity index (χ0n) is 10.5. The smallest absolute Gasteiger partial charge is 0.324 e. The number of rotatable bonds is 3. The maximum Gasteiger partial charge on any atom is 0.324 e. The van der Waals surface area contributed by atoms with Crippen molar-refractivity contribution in [2.24, 2.45) is 5.92 Å². The van der Waals surface area contributed by atoms with Gasteiger partial charge in [0.15, 0.2) is 12.0 Å². The summed E-state index contributed by atoms with van der Waals surface area (Å²) < 4.78 is 14.5. The van der Waals surface area contributed by atoms with E-state index in [-0.39, 0.29) is 5.90 Å². The maximum atomic E-state index is 11.7. The summed E-state index contributed by atoms with van der Waals surface area (Å²) in [5, 5.41) is 7.72. The quantitative estimate of drug-likeness (QED) is 0.650. The number of hydrogen-bond donors (Lipinski definition) is 1. The molecule has 1 aliphatic heterocycles. The molecule has 1 N–H and O–H groups in total. The Labute approximate surface area is 109 Å². The standard InChI is InChI=1S/C13H13NO5/c1-17-12(15)9(13(16)18-2)10-7-5-3-4-6-8(7)11(14)19-10/h3-6,9-10,14H,1-2H3/t10-/m1/s1. The lowest BCUT2D eigenvalue weighted by atomic mass is 9.94. The molecular formula is C13H13NO5. The van der Waals surface area contributed by atoms with Crippen molar-refractivity contribution in [1.29, 1.82) is 5.41 Å². The summed E-state index contributed by atoms with van der Waals surface area (Å²) in [4.78, 5) is 23.5. The molecule has 0 bridgehead atoms. The van der Waals surface area contributed by atoms with Crippen LogP contribution in [-0.2, 0) is 23.8 Å². The largest absolute Gasteiger partial charge is 0.468 e. The molecule has 0 saturated carbocycles. The monoisotopic (exact) mass is 263 g/mol. The molecule has 0 radical (unpaired) electrons. The van der Waals surface area contributed by atoms with Crippen LogP contribution < -0.4 is 0 Å². The molecule has 0 amide bonds. The molecule has 0 aliphatic carbocycles. The van der Waals surface area contributed by atoms with E-state index in [1.54, 1.807) is 24.3 Å². The van der Waals surface area contributed by atoms with Crippen molar-refractivity contribution in [2.75, 3.05) is 14.2 Å². The maximum absolute atomic E-state index is 11.7. The molecule has 0 spiro atoms. The summed E-state index contributed by atoms with van der Waals surface area (Å²) >= 11 is 0. The zero-order chi connectivity index (χ0) is 14.0. The van der Waals surface area contributed by atoms with E-state index < -0.39 is 24.0 Å². The number of methoxy groups -OCH3 is 2. The Bertz CT molecular complexity index is 524. The Hall–Kier alpha value is -2.37. The zero-order valence-corrected chi connectivity index (χ0v) is 10.5. The molecule has 100 valence electrons. The minimum Gasteiger partial charge on any atom is -0.468 e. The van der Waals surface area contributed by atoms with Crippen molar-refractivity contribution in [3.8, 4) is 0 Å². The second-order valence-electron chi connectivity index (χ2n) is 3.98. The Morgan fingerprint density at radius 3 is 2.37 bits per heavy atom. The van der Waals surface area contributed by atoms with Gasteiger partial charge >= 0.3 is 11.9 Å². The van der Waals surface area contributed by atoms with Crippen LogP contribution in [0, 0.1) is 11.3 Å². The lowest BCUT2D eigenvalue weighted by Crippen LogP contribution is -2.32. The normalized spacial score (nSPS) is 16.8. The predicted molar refractivity (Wildman–Crippen MR) is 64.6 cm³/mol. The van der Waals surface area contributed by atoms with Gasteiger partial charge in [0.1, 0.15) is 0 Å². The summed E-state index contributed by atoms with van der Waals surface area (Å²) in [6.07, 6.45) is -0.886. The first-order chi connectivity index (χ1) is 9.10. The Kier molecular flexibility index (Phi) is 3.50. The Morgan fingerprint density at radius 1 is 1.21 bits per heavy atom. The molecule has 6 heteroatoms. The molecule has 0 aromatic heterocycles. The van der Waals surface area contributed by atoms with Crippen LogP contribution in [0.4, 0.5) is 0 Å². The van der Waals surface area contributed by atoms with Gasteiger partial charge in [0.2, 0.25) is 5.90 Å². The highest BCUT2D eigenvalue weighted by Crippen LogP contribution is 2.36.